The van der Waals surface area contributed by atoms with Crippen LogP contribution in [0.4, 0.5) is 17.6 Å². The highest BCUT2D eigenvalue weighted by Gasteiger charge is 2.32. The summed E-state index contributed by atoms with van der Waals surface area (Å²) in [6.45, 7) is 0.488. The van der Waals surface area contributed by atoms with Gasteiger partial charge in [-0.2, -0.15) is 13.2 Å². The van der Waals surface area contributed by atoms with Gasteiger partial charge in [0.2, 0.25) is 0 Å². The molecule has 7 heteroatoms. The van der Waals surface area contributed by atoms with Gasteiger partial charge in [0.05, 0.1) is 5.56 Å². The van der Waals surface area contributed by atoms with Gasteiger partial charge in [0.15, 0.2) is 0 Å². The van der Waals surface area contributed by atoms with Crippen molar-refractivity contribution in [3.8, 4) is 0 Å². The number of benzene rings is 3. The number of rotatable bonds is 7. The normalized spacial score (nSPS) is 14.0. The molecule has 0 bridgehead atoms. The number of carbonyl (C=O) groups excluding carboxylic acids is 1. The van der Waals surface area contributed by atoms with Crippen LogP contribution in [0.25, 0.3) is 0 Å². The summed E-state index contributed by atoms with van der Waals surface area (Å²) in [4.78, 5) is 14.8. The minimum absolute atomic E-state index is 0.120. The van der Waals surface area contributed by atoms with Crippen molar-refractivity contribution in [3.05, 3.63) is 105 Å². The Hall–Kier alpha value is -2.86. The average Bonchev–Trinajstić information content (AvgIpc) is 2.76. The summed E-state index contributed by atoms with van der Waals surface area (Å²) in [7, 11) is 0. The van der Waals surface area contributed by atoms with Crippen molar-refractivity contribution in [1.82, 2.24) is 4.90 Å². The minimum atomic E-state index is -4.61. The minimum Gasteiger partial charge on any atom is -0.334 e. The maximum absolute atomic E-state index is 13.3. The fraction of sp³-hybridized carbons (Fsp3) is 0.296. The summed E-state index contributed by atoms with van der Waals surface area (Å²) in [5, 5.41) is -0.151. The van der Waals surface area contributed by atoms with Crippen LogP contribution in [-0.4, -0.2) is 17.4 Å². The second-order valence-electron chi connectivity index (χ2n) is 8.70. The zero-order chi connectivity index (χ0) is 24.3. The summed E-state index contributed by atoms with van der Waals surface area (Å²) in [6.07, 6.45) is -0.595. The molecule has 0 heterocycles. The predicted octanol–water partition coefficient (Wildman–Crippen LogP) is 7.65. The molecular weight excluding hydrogens is 466 g/mol. The lowest BCUT2D eigenvalue weighted by Crippen LogP contribution is -2.32. The molecule has 0 spiro atoms. The Labute approximate surface area is 201 Å². The molecule has 2 nitrogen and oxygen atoms in total. The SMILES string of the molecule is O=C(c1cc(Cl)cc(C(F)(F)F)c1)N(CCc1ccc(F)cc1)Cc1ccc(C2CCC2)cc1. The smallest absolute Gasteiger partial charge is 0.334 e. The molecule has 4 rings (SSSR count). The van der Waals surface area contributed by atoms with Crippen molar-refractivity contribution in [1.29, 1.82) is 0 Å². The predicted molar refractivity (Wildman–Crippen MR) is 124 cm³/mol. The standard InChI is InChI=1S/C27H24ClF4NO/c28-24-15-22(14-23(16-24)27(30,31)32)26(34)33(13-12-18-6-10-25(29)11-7-18)17-19-4-8-21(9-5-19)20-2-1-3-20/h4-11,14-16,20H,1-3,12-13,17H2. The molecule has 1 aliphatic carbocycles. The van der Waals surface area contributed by atoms with Gasteiger partial charge < -0.3 is 4.90 Å². The van der Waals surface area contributed by atoms with Crippen molar-refractivity contribution < 1.29 is 22.4 Å². The Morgan fingerprint density at radius 2 is 1.59 bits per heavy atom. The maximum Gasteiger partial charge on any atom is 0.416 e. The first-order valence-corrected chi connectivity index (χ1v) is 11.6. The second kappa shape index (κ2) is 10.2. The maximum atomic E-state index is 13.3. The van der Waals surface area contributed by atoms with E-state index in [1.54, 1.807) is 12.1 Å². The molecule has 0 aliphatic heterocycles. The lowest BCUT2D eigenvalue weighted by molar-refractivity contribution is -0.137. The zero-order valence-electron chi connectivity index (χ0n) is 18.4. The fourth-order valence-electron chi connectivity index (χ4n) is 4.08. The van der Waals surface area contributed by atoms with Crippen molar-refractivity contribution in [2.24, 2.45) is 0 Å². The van der Waals surface area contributed by atoms with Gasteiger partial charge in [-0.3, -0.25) is 4.79 Å². The topological polar surface area (TPSA) is 20.3 Å². The molecule has 1 fully saturated rings. The molecule has 3 aromatic carbocycles. The summed E-state index contributed by atoms with van der Waals surface area (Å²) in [6, 6.07) is 16.9. The van der Waals surface area contributed by atoms with Crippen LogP contribution < -0.4 is 0 Å². The van der Waals surface area contributed by atoms with E-state index in [2.05, 4.69) is 12.1 Å². The van der Waals surface area contributed by atoms with E-state index in [1.165, 1.54) is 47.9 Å². The zero-order valence-corrected chi connectivity index (χ0v) is 19.2. The third-order valence-electron chi connectivity index (χ3n) is 6.27. The van der Waals surface area contributed by atoms with Crippen LogP contribution >= 0.6 is 11.6 Å². The summed E-state index contributed by atoms with van der Waals surface area (Å²) < 4.78 is 53.1. The van der Waals surface area contributed by atoms with Crippen LogP contribution in [0.5, 0.6) is 0 Å². The van der Waals surface area contributed by atoms with Gasteiger partial charge in [-0.05, 0) is 72.2 Å². The average molecular weight is 490 g/mol. The molecule has 1 aliphatic rings. The van der Waals surface area contributed by atoms with E-state index in [-0.39, 0.29) is 29.5 Å². The Kier molecular flexibility index (Phi) is 7.27. The summed E-state index contributed by atoms with van der Waals surface area (Å²) in [5.74, 6) is -0.322. The van der Waals surface area contributed by atoms with E-state index in [1.807, 2.05) is 12.1 Å². The first-order chi connectivity index (χ1) is 16.2. The third kappa shape index (κ3) is 5.98. The first-order valence-electron chi connectivity index (χ1n) is 11.2. The van der Waals surface area contributed by atoms with Crippen LogP contribution in [0, 0.1) is 5.82 Å². The quantitative estimate of drug-likeness (QED) is 0.312. The number of alkyl halides is 3. The highest BCUT2D eigenvalue weighted by atomic mass is 35.5. The molecule has 0 unspecified atom stereocenters. The lowest BCUT2D eigenvalue weighted by Gasteiger charge is -2.27. The molecular formula is C27H24ClF4NO. The van der Waals surface area contributed by atoms with E-state index in [0.717, 1.165) is 23.3 Å². The Morgan fingerprint density at radius 3 is 2.18 bits per heavy atom. The number of hydrogen-bond acceptors (Lipinski definition) is 1. The molecule has 0 N–H and O–H groups in total. The Bertz CT molecular complexity index is 1140. The number of amides is 1. The van der Waals surface area contributed by atoms with Crippen molar-refractivity contribution in [2.45, 2.75) is 44.3 Å². The third-order valence-corrected chi connectivity index (χ3v) is 6.49. The van der Waals surface area contributed by atoms with Gasteiger partial charge in [0, 0.05) is 23.7 Å². The Morgan fingerprint density at radius 1 is 0.941 bits per heavy atom. The highest BCUT2D eigenvalue weighted by Crippen LogP contribution is 2.36. The van der Waals surface area contributed by atoms with Crippen LogP contribution in [0.2, 0.25) is 5.02 Å². The molecule has 0 radical (unpaired) electrons. The monoisotopic (exact) mass is 489 g/mol. The van der Waals surface area contributed by atoms with Gasteiger partial charge in [0.25, 0.3) is 5.91 Å². The van der Waals surface area contributed by atoms with E-state index in [4.69, 9.17) is 11.6 Å². The van der Waals surface area contributed by atoms with Crippen molar-refractivity contribution >= 4 is 17.5 Å². The number of halogens is 5. The molecule has 3 aromatic rings. The molecule has 1 amide bonds. The molecule has 0 atom stereocenters. The number of nitrogens with zero attached hydrogens (tertiary/aromatic N) is 1. The first kappa shape index (κ1) is 24.3. The highest BCUT2D eigenvalue weighted by molar-refractivity contribution is 6.31. The van der Waals surface area contributed by atoms with Crippen LogP contribution in [0.15, 0.2) is 66.7 Å². The fourth-order valence-corrected chi connectivity index (χ4v) is 4.32. The number of carbonyl (C=O) groups is 1. The van der Waals surface area contributed by atoms with Gasteiger partial charge in [-0.15, -0.1) is 0 Å². The van der Waals surface area contributed by atoms with E-state index >= 15 is 0 Å². The van der Waals surface area contributed by atoms with Crippen LogP contribution in [0.1, 0.15) is 57.8 Å². The number of hydrogen-bond donors (Lipinski definition) is 0. The van der Waals surface area contributed by atoms with Gasteiger partial charge >= 0.3 is 6.18 Å². The van der Waals surface area contributed by atoms with Crippen molar-refractivity contribution in [2.75, 3.05) is 6.54 Å². The van der Waals surface area contributed by atoms with E-state index in [0.29, 0.717) is 12.3 Å². The molecule has 34 heavy (non-hydrogen) atoms. The summed E-state index contributed by atoms with van der Waals surface area (Å²) in [5.41, 5.74) is 1.88. The molecule has 178 valence electrons. The van der Waals surface area contributed by atoms with Crippen LogP contribution in [0.3, 0.4) is 0 Å². The largest absolute Gasteiger partial charge is 0.416 e. The van der Waals surface area contributed by atoms with E-state index < -0.39 is 17.6 Å². The molecule has 1 saturated carbocycles. The Balaban J connectivity index is 1.57. The lowest BCUT2D eigenvalue weighted by atomic mass is 9.80. The van der Waals surface area contributed by atoms with Crippen LogP contribution in [-0.2, 0) is 19.1 Å². The van der Waals surface area contributed by atoms with Gasteiger partial charge in [-0.25, -0.2) is 4.39 Å². The van der Waals surface area contributed by atoms with Crippen molar-refractivity contribution in [3.63, 3.8) is 0 Å². The van der Waals surface area contributed by atoms with Gasteiger partial charge in [0.1, 0.15) is 5.82 Å². The van der Waals surface area contributed by atoms with Gasteiger partial charge in [-0.1, -0.05) is 54.4 Å². The molecule has 0 saturated heterocycles. The second-order valence-corrected chi connectivity index (χ2v) is 9.14. The van der Waals surface area contributed by atoms with E-state index in [9.17, 15) is 22.4 Å². The summed E-state index contributed by atoms with van der Waals surface area (Å²) >= 11 is 5.91. The molecule has 0 aromatic heterocycles.